The number of aryl methyl sites for hydroxylation is 1. The van der Waals surface area contributed by atoms with E-state index in [9.17, 15) is 14.0 Å². The van der Waals surface area contributed by atoms with E-state index >= 15 is 0 Å². The van der Waals surface area contributed by atoms with Crippen LogP contribution in [0.25, 0.3) is 11.1 Å². The van der Waals surface area contributed by atoms with E-state index in [1.165, 1.54) is 12.1 Å². The molecular formula is C24H20FNO4. The monoisotopic (exact) mass is 405 g/mol. The SMILES string of the molecule is O=C(O)CCc1cccc(F)c1NC(=O)OCC1c2ccccc2-c2ccccc21. The number of benzene rings is 3. The molecule has 3 aromatic carbocycles. The van der Waals surface area contributed by atoms with Gasteiger partial charge in [0.25, 0.3) is 0 Å². The van der Waals surface area contributed by atoms with Crippen molar-refractivity contribution in [3.8, 4) is 11.1 Å². The summed E-state index contributed by atoms with van der Waals surface area (Å²) in [5.41, 5.74) is 4.76. The molecule has 0 saturated heterocycles. The van der Waals surface area contributed by atoms with Crippen LogP contribution in [0.1, 0.15) is 29.0 Å². The number of carboxylic acids is 1. The first-order valence-corrected chi connectivity index (χ1v) is 9.66. The molecule has 4 rings (SSSR count). The van der Waals surface area contributed by atoms with Crippen molar-refractivity contribution in [3.05, 3.63) is 89.2 Å². The van der Waals surface area contributed by atoms with Crippen LogP contribution >= 0.6 is 0 Å². The topological polar surface area (TPSA) is 75.6 Å². The average molecular weight is 405 g/mol. The third kappa shape index (κ3) is 3.89. The molecule has 0 atom stereocenters. The van der Waals surface area contributed by atoms with E-state index in [-0.39, 0.29) is 31.1 Å². The maximum Gasteiger partial charge on any atom is 0.411 e. The Hall–Kier alpha value is -3.67. The molecule has 5 nitrogen and oxygen atoms in total. The van der Waals surface area contributed by atoms with E-state index in [2.05, 4.69) is 5.32 Å². The second-order valence-corrected chi connectivity index (χ2v) is 7.12. The van der Waals surface area contributed by atoms with Crippen LogP contribution in [-0.4, -0.2) is 23.8 Å². The molecule has 2 N–H and O–H groups in total. The van der Waals surface area contributed by atoms with Crippen molar-refractivity contribution in [2.45, 2.75) is 18.8 Å². The molecule has 30 heavy (non-hydrogen) atoms. The molecule has 0 heterocycles. The summed E-state index contributed by atoms with van der Waals surface area (Å²) < 4.78 is 19.7. The smallest absolute Gasteiger partial charge is 0.411 e. The highest BCUT2D eigenvalue weighted by Crippen LogP contribution is 2.44. The van der Waals surface area contributed by atoms with Crippen molar-refractivity contribution < 1.29 is 23.8 Å². The summed E-state index contributed by atoms with van der Waals surface area (Å²) in [5, 5.41) is 11.3. The van der Waals surface area contributed by atoms with Crippen LogP contribution in [0.2, 0.25) is 0 Å². The number of fused-ring (bicyclic) bond motifs is 3. The van der Waals surface area contributed by atoms with Gasteiger partial charge in [0.1, 0.15) is 12.4 Å². The number of carbonyl (C=O) groups is 2. The summed E-state index contributed by atoms with van der Waals surface area (Å²) in [6.07, 6.45) is -0.840. The number of amides is 1. The highest BCUT2D eigenvalue weighted by Gasteiger charge is 2.29. The normalized spacial score (nSPS) is 12.2. The number of hydrogen-bond acceptors (Lipinski definition) is 3. The standard InChI is InChI=1S/C24H20FNO4/c25-21-11-5-6-15(12-13-22(27)28)23(21)26-24(29)30-14-20-18-9-3-1-7-16(18)17-8-2-4-10-19(17)20/h1-11,20H,12-14H2,(H,26,29)(H,27,28). The number of carbonyl (C=O) groups excluding carboxylic acids is 1. The summed E-state index contributed by atoms with van der Waals surface area (Å²) in [5.74, 6) is -1.73. The number of hydrogen-bond donors (Lipinski definition) is 2. The van der Waals surface area contributed by atoms with Crippen LogP contribution in [0, 0.1) is 5.82 Å². The Labute approximate surface area is 173 Å². The quantitative estimate of drug-likeness (QED) is 0.591. The van der Waals surface area contributed by atoms with Gasteiger partial charge >= 0.3 is 12.1 Å². The molecular weight excluding hydrogens is 385 g/mol. The van der Waals surface area contributed by atoms with Crippen LogP contribution < -0.4 is 5.32 Å². The number of anilines is 1. The third-order valence-electron chi connectivity index (χ3n) is 5.28. The second-order valence-electron chi connectivity index (χ2n) is 7.12. The van der Waals surface area contributed by atoms with Gasteiger partial charge in [-0.2, -0.15) is 0 Å². The molecule has 1 aliphatic rings. The highest BCUT2D eigenvalue weighted by atomic mass is 19.1. The molecule has 0 bridgehead atoms. The van der Waals surface area contributed by atoms with E-state index in [1.54, 1.807) is 6.07 Å². The van der Waals surface area contributed by atoms with Crippen LogP contribution in [0.5, 0.6) is 0 Å². The average Bonchev–Trinajstić information content (AvgIpc) is 3.06. The molecule has 0 unspecified atom stereocenters. The van der Waals surface area contributed by atoms with Crippen molar-refractivity contribution in [2.75, 3.05) is 11.9 Å². The van der Waals surface area contributed by atoms with E-state index in [0.29, 0.717) is 5.56 Å². The second kappa shape index (κ2) is 8.37. The van der Waals surface area contributed by atoms with Crippen LogP contribution in [-0.2, 0) is 16.0 Å². The lowest BCUT2D eigenvalue weighted by molar-refractivity contribution is -0.136. The van der Waals surface area contributed by atoms with Gasteiger partial charge in [-0.15, -0.1) is 0 Å². The predicted octanol–water partition coefficient (Wildman–Crippen LogP) is 5.20. The summed E-state index contributed by atoms with van der Waals surface area (Å²) in [4.78, 5) is 23.3. The Bertz CT molecular complexity index is 1070. The molecule has 0 radical (unpaired) electrons. The molecule has 3 aromatic rings. The molecule has 0 aliphatic heterocycles. The summed E-state index contributed by atoms with van der Waals surface area (Å²) >= 11 is 0. The van der Waals surface area contributed by atoms with Gasteiger partial charge < -0.3 is 9.84 Å². The van der Waals surface area contributed by atoms with Gasteiger partial charge in [0.05, 0.1) is 5.69 Å². The van der Waals surface area contributed by atoms with E-state index in [0.717, 1.165) is 22.3 Å². The summed E-state index contributed by atoms with van der Waals surface area (Å²) in [7, 11) is 0. The Morgan fingerprint density at radius 3 is 2.20 bits per heavy atom. The van der Waals surface area contributed by atoms with Gasteiger partial charge in [-0.3, -0.25) is 10.1 Å². The largest absolute Gasteiger partial charge is 0.481 e. The Morgan fingerprint density at radius 1 is 0.933 bits per heavy atom. The first kappa shape index (κ1) is 19.6. The van der Waals surface area contributed by atoms with Crippen LogP contribution in [0.15, 0.2) is 66.7 Å². The number of nitrogens with one attached hydrogen (secondary N) is 1. The van der Waals surface area contributed by atoms with Gasteiger partial charge in [0.15, 0.2) is 0 Å². The maximum absolute atomic E-state index is 14.3. The van der Waals surface area contributed by atoms with Gasteiger partial charge in [-0.1, -0.05) is 60.7 Å². The number of halogens is 1. The highest BCUT2D eigenvalue weighted by molar-refractivity contribution is 5.86. The maximum atomic E-state index is 14.3. The number of carboxylic acid groups (broad SMARTS) is 1. The van der Waals surface area contributed by atoms with Crippen molar-refractivity contribution in [1.29, 1.82) is 0 Å². The molecule has 152 valence electrons. The van der Waals surface area contributed by atoms with Crippen LogP contribution in [0.4, 0.5) is 14.9 Å². The zero-order valence-corrected chi connectivity index (χ0v) is 16.1. The first-order chi connectivity index (χ1) is 14.5. The molecule has 0 saturated carbocycles. The zero-order chi connectivity index (χ0) is 21.1. The van der Waals surface area contributed by atoms with Gasteiger partial charge in [-0.25, -0.2) is 9.18 Å². The molecule has 0 fully saturated rings. The summed E-state index contributed by atoms with van der Waals surface area (Å²) in [6, 6.07) is 20.3. The van der Waals surface area contributed by atoms with E-state index < -0.39 is 17.9 Å². The van der Waals surface area contributed by atoms with Crippen molar-refractivity contribution in [2.24, 2.45) is 0 Å². The minimum Gasteiger partial charge on any atom is -0.481 e. The predicted molar refractivity (Wildman–Crippen MR) is 111 cm³/mol. The number of aliphatic carboxylic acids is 1. The minimum absolute atomic E-state index is 0.0454. The minimum atomic E-state index is -0.994. The number of para-hydroxylation sites is 1. The van der Waals surface area contributed by atoms with Gasteiger partial charge in [-0.05, 0) is 40.3 Å². The summed E-state index contributed by atoms with van der Waals surface area (Å²) in [6.45, 7) is 0.110. The Kier molecular flexibility index (Phi) is 5.48. The fourth-order valence-corrected chi connectivity index (χ4v) is 3.90. The zero-order valence-electron chi connectivity index (χ0n) is 16.1. The van der Waals surface area contributed by atoms with Crippen molar-refractivity contribution in [1.82, 2.24) is 0 Å². The first-order valence-electron chi connectivity index (χ1n) is 9.66. The third-order valence-corrected chi connectivity index (χ3v) is 5.28. The number of ether oxygens (including phenoxy) is 1. The number of rotatable bonds is 6. The van der Waals surface area contributed by atoms with Crippen molar-refractivity contribution >= 4 is 17.7 Å². The van der Waals surface area contributed by atoms with Crippen LogP contribution in [0.3, 0.4) is 0 Å². The van der Waals surface area contributed by atoms with Crippen molar-refractivity contribution in [3.63, 3.8) is 0 Å². The van der Waals surface area contributed by atoms with E-state index in [1.807, 2.05) is 48.5 Å². The molecule has 0 aromatic heterocycles. The lowest BCUT2D eigenvalue weighted by Crippen LogP contribution is -2.19. The molecule has 0 spiro atoms. The van der Waals surface area contributed by atoms with Gasteiger partial charge in [0.2, 0.25) is 0 Å². The van der Waals surface area contributed by atoms with Gasteiger partial charge in [0, 0.05) is 12.3 Å². The fraction of sp³-hybridized carbons (Fsp3) is 0.167. The fourth-order valence-electron chi connectivity index (χ4n) is 3.90. The van der Waals surface area contributed by atoms with E-state index in [4.69, 9.17) is 9.84 Å². The lowest BCUT2D eigenvalue weighted by atomic mass is 9.98. The Balaban J connectivity index is 1.48. The molecule has 1 aliphatic carbocycles. The Morgan fingerprint density at radius 2 is 1.57 bits per heavy atom. The lowest BCUT2D eigenvalue weighted by Gasteiger charge is -2.16. The molecule has 6 heteroatoms. The molecule has 1 amide bonds.